The molecule has 1 aliphatic rings. The number of hydrogen-bond donors (Lipinski definition) is 1. The number of aromatic hydroxyl groups is 1. The topological polar surface area (TPSA) is 37.3 Å². The van der Waals surface area contributed by atoms with Crippen molar-refractivity contribution in [1.82, 2.24) is 0 Å². The summed E-state index contributed by atoms with van der Waals surface area (Å²) in [5.74, 6) is 2.89. The molecule has 1 aliphatic carbocycles. The third kappa shape index (κ3) is 2.57. The van der Waals surface area contributed by atoms with E-state index in [-0.39, 0.29) is 17.5 Å². The van der Waals surface area contributed by atoms with Crippen molar-refractivity contribution in [3.63, 3.8) is 0 Å². The number of terminal acetylenes is 1. The average Bonchev–Trinajstić information content (AvgIpc) is 2.33. The van der Waals surface area contributed by atoms with E-state index in [4.69, 9.17) is 6.42 Å². The lowest BCUT2D eigenvalue weighted by Gasteiger charge is -2.19. The summed E-state index contributed by atoms with van der Waals surface area (Å²) in [6, 6.07) is 6.92. The number of allylic oxidation sites excluding steroid dienone is 2. The lowest BCUT2D eigenvalue weighted by molar-refractivity contribution is -0.118. The van der Waals surface area contributed by atoms with Gasteiger partial charge in [0.15, 0.2) is 5.78 Å². The van der Waals surface area contributed by atoms with Crippen molar-refractivity contribution in [2.24, 2.45) is 5.92 Å². The fourth-order valence-electron chi connectivity index (χ4n) is 2.08. The van der Waals surface area contributed by atoms with Crippen LogP contribution >= 0.6 is 0 Å². The van der Waals surface area contributed by atoms with Crippen molar-refractivity contribution in [2.45, 2.75) is 19.3 Å². The van der Waals surface area contributed by atoms with E-state index in [1.54, 1.807) is 18.2 Å². The van der Waals surface area contributed by atoms with Gasteiger partial charge in [0.1, 0.15) is 5.75 Å². The number of phenols is 1. The summed E-state index contributed by atoms with van der Waals surface area (Å²) in [5, 5.41) is 9.21. The minimum Gasteiger partial charge on any atom is -0.508 e. The monoisotopic (exact) mass is 226 g/mol. The van der Waals surface area contributed by atoms with Crippen LogP contribution < -0.4 is 0 Å². The summed E-state index contributed by atoms with van der Waals surface area (Å²) in [6.45, 7) is 0. The van der Waals surface area contributed by atoms with Gasteiger partial charge in [-0.05, 0) is 42.2 Å². The first-order valence-electron chi connectivity index (χ1n) is 5.68. The fraction of sp³-hybridized carbons (Fsp3) is 0.267. The molecule has 0 heterocycles. The van der Waals surface area contributed by atoms with Gasteiger partial charge in [0.2, 0.25) is 0 Å². The van der Waals surface area contributed by atoms with Crippen LogP contribution in [0.5, 0.6) is 5.75 Å². The Morgan fingerprint density at radius 1 is 1.35 bits per heavy atom. The smallest absolute Gasteiger partial charge is 0.160 e. The van der Waals surface area contributed by atoms with Crippen LogP contribution in [0.2, 0.25) is 0 Å². The summed E-state index contributed by atoms with van der Waals surface area (Å²) in [7, 11) is 0. The molecule has 86 valence electrons. The summed E-state index contributed by atoms with van der Waals surface area (Å²) in [5.41, 5.74) is 2.03. The van der Waals surface area contributed by atoms with Crippen LogP contribution in [0.4, 0.5) is 0 Å². The Morgan fingerprint density at radius 3 is 2.65 bits per heavy atom. The van der Waals surface area contributed by atoms with Gasteiger partial charge in [-0.3, -0.25) is 4.79 Å². The predicted octanol–water partition coefficient (Wildman–Crippen LogP) is 2.78. The largest absolute Gasteiger partial charge is 0.508 e. The van der Waals surface area contributed by atoms with E-state index in [9.17, 15) is 9.90 Å². The van der Waals surface area contributed by atoms with E-state index in [0.717, 1.165) is 24.0 Å². The zero-order valence-electron chi connectivity index (χ0n) is 9.52. The summed E-state index contributed by atoms with van der Waals surface area (Å²) >= 11 is 0. The molecule has 0 saturated carbocycles. The normalized spacial score (nSPS) is 19.6. The van der Waals surface area contributed by atoms with Crippen molar-refractivity contribution >= 4 is 11.4 Å². The molecule has 1 aromatic rings. The van der Waals surface area contributed by atoms with Gasteiger partial charge in [-0.25, -0.2) is 0 Å². The molecule has 1 unspecified atom stereocenters. The second-order valence-corrected chi connectivity index (χ2v) is 4.26. The predicted molar refractivity (Wildman–Crippen MR) is 67.3 cm³/mol. The molecule has 2 rings (SSSR count). The van der Waals surface area contributed by atoms with E-state index in [1.165, 1.54) is 0 Å². The van der Waals surface area contributed by atoms with Gasteiger partial charge in [-0.1, -0.05) is 12.1 Å². The summed E-state index contributed by atoms with van der Waals surface area (Å²) in [6.07, 6.45) is 9.13. The summed E-state index contributed by atoms with van der Waals surface area (Å²) in [4.78, 5) is 11.8. The molecule has 0 aromatic heterocycles. The fourth-order valence-corrected chi connectivity index (χ4v) is 2.08. The molecule has 1 aromatic carbocycles. The highest BCUT2D eigenvalue weighted by molar-refractivity contribution is 6.00. The lowest BCUT2D eigenvalue weighted by Crippen LogP contribution is -2.16. The molecule has 0 amide bonds. The number of phenolic OH excluding ortho intramolecular Hbond substituents is 1. The second-order valence-electron chi connectivity index (χ2n) is 4.26. The van der Waals surface area contributed by atoms with E-state index in [2.05, 4.69) is 5.92 Å². The highest BCUT2D eigenvalue weighted by Gasteiger charge is 2.21. The number of hydrogen-bond acceptors (Lipinski definition) is 2. The molecular formula is C15H14O2. The van der Waals surface area contributed by atoms with Crippen LogP contribution in [0, 0.1) is 18.3 Å². The number of rotatable bonds is 2. The number of ketones is 1. The van der Waals surface area contributed by atoms with Crippen LogP contribution in [0.1, 0.15) is 24.8 Å². The highest BCUT2D eigenvalue weighted by atomic mass is 16.3. The number of carbonyl (C=O) groups excluding carboxylic acids is 1. The molecule has 1 atom stereocenters. The number of benzene rings is 1. The van der Waals surface area contributed by atoms with Crippen LogP contribution in [0.3, 0.4) is 0 Å². The number of carbonyl (C=O) groups is 1. The van der Waals surface area contributed by atoms with Crippen LogP contribution in [0.15, 0.2) is 30.3 Å². The Bertz CT molecular complexity index is 489. The van der Waals surface area contributed by atoms with Gasteiger partial charge in [-0.2, -0.15) is 0 Å². The second kappa shape index (κ2) is 4.88. The zero-order valence-corrected chi connectivity index (χ0v) is 9.52. The first-order valence-corrected chi connectivity index (χ1v) is 5.68. The SMILES string of the molecule is C#CCC1CCC(c2ccc(O)cc2)=CC1=O. The quantitative estimate of drug-likeness (QED) is 0.787. The first kappa shape index (κ1) is 11.5. The van der Waals surface area contributed by atoms with Gasteiger partial charge in [0, 0.05) is 12.3 Å². The van der Waals surface area contributed by atoms with Gasteiger partial charge in [0.05, 0.1) is 0 Å². The maximum atomic E-state index is 11.8. The Hall–Kier alpha value is -2.01. The van der Waals surface area contributed by atoms with Crippen molar-refractivity contribution < 1.29 is 9.90 Å². The highest BCUT2D eigenvalue weighted by Crippen LogP contribution is 2.30. The Labute approximate surface area is 101 Å². The maximum absolute atomic E-state index is 11.8. The first-order chi connectivity index (χ1) is 8.20. The molecule has 1 N–H and O–H groups in total. The third-order valence-corrected chi connectivity index (χ3v) is 3.08. The van der Waals surface area contributed by atoms with Crippen molar-refractivity contribution in [3.8, 4) is 18.1 Å². The van der Waals surface area contributed by atoms with E-state index in [0.29, 0.717) is 6.42 Å². The summed E-state index contributed by atoms with van der Waals surface area (Å²) < 4.78 is 0. The minimum absolute atomic E-state index is 0.0131. The third-order valence-electron chi connectivity index (χ3n) is 3.08. The molecule has 0 bridgehead atoms. The molecule has 2 heteroatoms. The lowest BCUT2D eigenvalue weighted by atomic mass is 9.84. The Balaban J connectivity index is 2.20. The van der Waals surface area contributed by atoms with Gasteiger partial charge < -0.3 is 5.11 Å². The van der Waals surface area contributed by atoms with Gasteiger partial charge >= 0.3 is 0 Å². The van der Waals surface area contributed by atoms with Crippen molar-refractivity contribution in [1.29, 1.82) is 0 Å². The Kier molecular flexibility index (Phi) is 3.30. The van der Waals surface area contributed by atoms with Crippen molar-refractivity contribution in [2.75, 3.05) is 0 Å². The maximum Gasteiger partial charge on any atom is 0.160 e. The molecule has 0 fully saturated rings. The molecular weight excluding hydrogens is 212 g/mol. The minimum atomic E-state index is -0.0131. The van der Waals surface area contributed by atoms with Gasteiger partial charge in [-0.15, -0.1) is 12.3 Å². The zero-order chi connectivity index (χ0) is 12.3. The van der Waals surface area contributed by atoms with Crippen LogP contribution in [0.25, 0.3) is 5.57 Å². The molecule has 2 nitrogen and oxygen atoms in total. The van der Waals surface area contributed by atoms with Crippen LogP contribution in [-0.4, -0.2) is 10.9 Å². The van der Waals surface area contributed by atoms with Crippen LogP contribution in [-0.2, 0) is 4.79 Å². The molecule has 0 saturated heterocycles. The van der Waals surface area contributed by atoms with Crippen molar-refractivity contribution in [3.05, 3.63) is 35.9 Å². The molecule has 17 heavy (non-hydrogen) atoms. The average molecular weight is 226 g/mol. The molecule has 0 aliphatic heterocycles. The van der Waals surface area contributed by atoms with E-state index < -0.39 is 0 Å². The van der Waals surface area contributed by atoms with E-state index >= 15 is 0 Å². The van der Waals surface area contributed by atoms with Gasteiger partial charge in [0.25, 0.3) is 0 Å². The Morgan fingerprint density at radius 2 is 2.06 bits per heavy atom. The molecule has 0 spiro atoms. The van der Waals surface area contributed by atoms with E-state index in [1.807, 2.05) is 12.1 Å². The standard InChI is InChI=1S/C15H14O2/c1-2-3-12-4-5-13(10-15(12)17)11-6-8-14(16)9-7-11/h1,6-10,12,16H,3-5H2. The molecule has 0 radical (unpaired) electrons.